The molecule has 2 N–H and O–H groups in total. The smallest absolute Gasteiger partial charge is 0.223 e. The molecule has 6 heteroatoms. The van der Waals surface area contributed by atoms with Crippen molar-refractivity contribution in [2.45, 2.75) is 32.1 Å². The molecule has 2 aromatic heterocycles. The van der Waals surface area contributed by atoms with Gasteiger partial charge in [0.05, 0.1) is 17.1 Å². The number of nitrogen functional groups attached to an aromatic ring is 1. The van der Waals surface area contributed by atoms with Gasteiger partial charge in [-0.1, -0.05) is 0 Å². The molecule has 0 aliphatic heterocycles. The molecule has 0 bridgehead atoms. The Hall–Kier alpha value is -1.56. The van der Waals surface area contributed by atoms with Crippen LogP contribution in [-0.2, 0) is 6.42 Å². The maximum absolute atomic E-state index is 5.70. The number of aryl methyl sites for hydroxylation is 1. The standard InChI is InChI=1S/C11H13N5S/c1-6-13-8(5-17-6)4-9-14-10(7-2-3-7)16-11(12)15-9/h5,7H,2-4H2,1H3,(H2,12,14,15,16). The Morgan fingerprint density at radius 1 is 1.29 bits per heavy atom. The first-order valence-electron chi connectivity index (χ1n) is 5.62. The highest BCUT2D eigenvalue weighted by molar-refractivity contribution is 7.09. The number of nitrogens with two attached hydrogens (primary N) is 1. The van der Waals surface area contributed by atoms with Crippen LogP contribution in [0, 0.1) is 6.92 Å². The van der Waals surface area contributed by atoms with Crippen LogP contribution in [0.5, 0.6) is 0 Å². The van der Waals surface area contributed by atoms with Crippen molar-refractivity contribution in [2.75, 3.05) is 5.73 Å². The monoisotopic (exact) mass is 247 g/mol. The summed E-state index contributed by atoms with van der Waals surface area (Å²) in [6, 6.07) is 0. The molecule has 0 amide bonds. The molecule has 0 spiro atoms. The van der Waals surface area contributed by atoms with Crippen molar-refractivity contribution in [3.63, 3.8) is 0 Å². The van der Waals surface area contributed by atoms with Gasteiger partial charge in [-0.05, 0) is 19.8 Å². The molecule has 0 radical (unpaired) electrons. The predicted molar refractivity (Wildman–Crippen MR) is 65.9 cm³/mol. The van der Waals surface area contributed by atoms with Crippen molar-refractivity contribution < 1.29 is 0 Å². The van der Waals surface area contributed by atoms with Gasteiger partial charge in [-0.3, -0.25) is 0 Å². The fraction of sp³-hybridized carbons (Fsp3) is 0.455. The van der Waals surface area contributed by atoms with E-state index < -0.39 is 0 Å². The molecular formula is C11H13N5S. The van der Waals surface area contributed by atoms with Crippen molar-refractivity contribution in [1.82, 2.24) is 19.9 Å². The Morgan fingerprint density at radius 3 is 2.76 bits per heavy atom. The molecule has 2 heterocycles. The Balaban J connectivity index is 1.86. The largest absolute Gasteiger partial charge is 0.368 e. The third-order valence-electron chi connectivity index (χ3n) is 2.66. The summed E-state index contributed by atoms with van der Waals surface area (Å²) in [7, 11) is 0. The minimum Gasteiger partial charge on any atom is -0.368 e. The van der Waals surface area contributed by atoms with Gasteiger partial charge in [-0.15, -0.1) is 11.3 Å². The van der Waals surface area contributed by atoms with E-state index in [0.717, 1.165) is 22.4 Å². The molecule has 1 fully saturated rings. The molecule has 5 nitrogen and oxygen atoms in total. The second kappa shape index (κ2) is 4.03. The lowest BCUT2D eigenvalue weighted by Gasteiger charge is -2.02. The highest BCUT2D eigenvalue weighted by atomic mass is 32.1. The van der Waals surface area contributed by atoms with Crippen LogP contribution in [0.25, 0.3) is 0 Å². The van der Waals surface area contributed by atoms with Crippen LogP contribution >= 0.6 is 11.3 Å². The topological polar surface area (TPSA) is 77.6 Å². The molecule has 0 aromatic carbocycles. The van der Waals surface area contributed by atoms with Gasteiger partial charge in [0.15, 0.2) is 0 Å². The van der Waals surface area contributed by atoms with Crippen molar-refractivity contribution in [3.05, 3.63) is 27.7 Å². The quantitative estimate of drug-likeness (QED) is 0.893. The first-order chi connectivity index (χ1) is 8.20. The molecule has 2 aromatic rings. The van der Waals surface area contributed by atoms with Crippen LogP contribution in [0.2, 0.25) is 0 Å². The van der Waals surface area contributed by atoms with E-state index in [1.165, 1.54) is 12.8 Å². The fourth-order valence-electron chi connectivity index (χ4n) is 1.71. The van der Waals surface area contributed by atoms with Gasteiger partial charge in [-0.25, -0.2) is 9.97 Å². The third kappa shape index (κ3) is 2.41. The van der Waals surface area contributed by atoms with Gasteiger partial charge in [0.25, 0.3) is 0 Å². The summed E-state index contributed by atoms with van der Waals surface area (Å²) in [4.78, 5) is 17.2. The average molecular weight is 247 g/mol. The Labute approximate surface area is 103 Å². The zero-order valence-electron chi connectivity index (χ0n) is 9.55. The molecule has 3 rings (SSSR count). The van der Waals surface area contributed by atoms with Crippen LogP contribution in [-0.4, -0.2) is 19.9 Å². The van der Waals surface area contributed by atoms with Gasteiger partial charge in [-0.2, -0.15) is 9.97 Å². The van der Waals surface area contributed by atoms with E-state index >= 15 is 0 Å². The summed E-state index contributed by atoms with van der Waals surface area (Å²) >= 11 is 1.64. The molecule has 0 atom stereocenters. The average Bonchev–Trinajstić information content (AvgIpc) is 3.03. The van der Waals surface area contributed by atoms with E-state index in [9.17, 15) is 0 Å². The maximum atomic E-state index is 5.70. The minimum absolute atomic E-state index is 0.323. The second-order valence-electron chi connectivity index (χ2n) is 4.28. The SMILES string of the molecule is Cc1nc(Cc2nc(N)nc(C3CC3)n2)cs1. The molecule has 0 unspecified atom stereocenters. The summed E-state index contributed by atoms with van der Waals surface area (Å²) in [5, 5.41) is 3.09. The summed E-state index contributed by atoms with van der Waals surface area (Å²) in [5.41, 5.74) is 6.70. The molecule has 1 aliphatic rings. The van der Waals surface area contributed by atoms with Gasteiger partial charge in [0.1, 0.15) is 11.6 Å². The summed E-state index contributed by atoms with van der Waals surface area (Å²) < 4.78 is 0. The minimum atomic E-state index is 0.323. The number of hydrogen-bond donors (Lipinski definition) is 1. The van der Waals surface area contributed by atoms with Gasteiger partial charge in [0.2, 0.25) is 5.95 Å². The highest BCUT2D eigenvalue weighted by Crippen LogP contribution is 2.38. The van der Waals surface area contributed by atoms with E-state index in [0.29, 0.717) is 18.3 Å². The highest BCUT2D eigenvalue weighted by Gasteiger charge is 2.27. The Bertz CT molecular complexity index is 547. The van der Waals surface area contributed by atoms with Crippen LogP contribution < -0.4 is 5.73 Å². The van der Waals surface area contributed by atoms with Crippen LogP contribution in [0.15, 0.2) is 5.38 Å². The zero-order valence-corrected chi connectivity index (χ0v) is 10.4. The number of rotatable bonds is 3. The van der Waals surface area contributed by atoms with Crippen LogP contribution in [0.3, 0.4) is 0 Å². The summed E-state index contributed by atoms with van der Waals surface area (Å²) in [6.45, 7) is 1.99. The van der Waals surface area contributed by atoms with Crippen LogP contribution in [0.1, 0.15) is 41.1 Å². The number of aromatic nitrogens is 4. The Morgan fingerprint density at radius 2 is 2.12 bits per heavy atom. The molecule has 88 valence electrons. The third-order valence-corrected chi connectivity index (χ3v) is 3.49. The molecule has 1 aliphatic carbocycles. The normalized spacial score (nSPS) is 15.1. The number of hydrogen-bond acceptors (Lipinski definition) is 6. The summed E-state index contributed by atoms with van der Waals surface area (Å²) in [6.07, 6.45) is 2.97. The number of anilines is 1. The van der Waals surface area contributed by atoms with Gasteiger partial charge in [0, 0.05) is 11.3 Å². The molecule has 17 heavy (non-hydrogen) atoms. The maximum Gasteiger partial charge on any atom is 0.223 e. The van der Waals surface area contributed by atoms with Crippen LogP contribution in [0.4, 0.5) is 5.95 Å². The van der Waals surface area contributed by atoms with E-state index in [2.05, 4.69) is 19.9 Å². The molecule has 0 saturated heterocycles. The second-order valence-corrected chi connectivity index (χ2v) is 5.34. The van der Waals surface area contributed by atoms with E-state index in [-0.39, 0.29) is 0 Å². The van der Waals surface area contributed by atoms with Gasteiger partial charge >= 0.3 is 0 Å². The first kappa shape index (κ1) is 10.6. The predicted octanol–water partition coefficient (Wildman–Crippen LogP) is 1.69. The first-order valence-corrected chi connectivity index (χ1v) is 6.50. The van der Waals surface area contributed by atoms with Crippen molar-refractivity contribution in [3.8, 4) is 0 Å². The number of thiazole rings is 1. The number of nitrogens with zero attached hydrogens (tertiary/aromatic N) is 4. The van der Waals surface area contributed by atoms with Gasteiger partial charge < -0.3 is 5.73 Å². The lowest BCUT2D eigenvalue weighted by molar-refractivity contribution is 0.831. The lowest BCUT2D eigenvalue weighted by atomic mass is 10.3. The van der Waals surface area contributed by atoms with E-state index in [4.69, 9.17) is 5.73 Å². The molecular weight excluding hydrogens is 234 g/mol. The fourth-order valence-corrected chi connectivity index (χ4v) is 2.32. The molecule has 1 saturated carbocycles. The van der Waals surface area contributed by atoms with Crippen molar-refractivity contribution in [1.29, 1.82) is 0 Å². The summed E-state index contributed by atoms with van der Waals surface area (Å²) in [5.74, 6) is 2.39. The van der Waals surface area contributed by atoms with Crippen molar-refractivity contribution >= 4 is 17.3 Å². The van der Waals surface area contributed by atoms with E-state index in [1.807, 2.05) is 12.3 Å². The zero-order chi connectivity index (χ0) is 11.8. The van der Waals surface area contributed by atoms with Crippen molar-refractivity contribution in [2.24, 2.45) is 0 Å². The Kier molecular flexibility index (Phi) is 2.51. The lowest BCUT2D eigenvalue weighted by Crippen LogP contribution is -2.07. The van der Waals surface area contributed by atoms with E-state index in [1.54, 1.807) is 11.3 Å².